The molecule has 0 aromatic rings. The summed E-state index contributed by atoms with van der Waals surface area (Å²) in [5.41, 5.74) is -0.965. The maximum atomic E-state index is 11.4. The number of aliphatic hydroxyl groups excluding tert-OH is 2. The van der Waals surface area contributed by atoms with E-state index < -0.39 is 33.3 Å². The standard InChI is InChI=1S/C9H19NO6S/c1-9(2,6-11)7(12)8(13)10-4-3-5-17(14,15)16/h7,11-12H,3-6H2,1-2H3,(H,10,13)(H,14,15,16)/t7-/m1/s1. The first-order chi connectivity index (χ1) is 7.60. The molecule has 0 bridgehead atoms. The SMILES string of the molecule is CC(C)(CO)[C@H](O)C(=O)NCCCS(=O)(=O)O. The van der Waals surface area contributed by atoms with Crippen LogP contribution in [-0.4, -0.2) is 54.1 Å². The zero-order valence-electron chi connectivity index (χ0n) is 9.88. The second-order valence-electron chi connectivity index (χ2n) is 4.48. The highest BCUT2D eigenvalue weighted by Gasteiger charge is 2.32. The molecule has 0 radical (unpaired) electrons. The molecule has 0 aliphatic rings. The lowest BCUT2D eigenvalue weighted by Crippen LogP contribution is -2.45. The van der Waals surface area contributed by atoms with Gasteiger partial charge in [-0.05, 0) is 6.42 Å². The van der Waals surface area contributed by atoms with Crippen LogP contribution in [0.25, 0.3) is 0 Å². The molecule has 102 valence electrons. The third-order valence-electron chi connectivity index (χ3n) is 2.27. The van der Waals surface area contributed by atoms with E-state index in [9.17, 15) is 18.3 Å². The molecule has 0 unspecified atom stereocenters. The molecule has 0 aromatic carbocycles. The van der Waals surface area contributed by atoms with Crippen molar-refractivity contribution in [1.82, 2.24) is 5.32 Å². The Labute approximate surface area is 101 Å². The molecule has 0 saturated heterocycles. The maximum Gasteiger partial charge on any atom is 0.264 e. The van der Waals surface area contributed by atoms with E-state index in [-0.39, 0.29) is 19.6 Å². The van der Waals surface area contributed by atoms with Gasteiger partial charge >= 0.3 is 0 Å². The Morgan fingerprint density at radius 1 is 1.41 bits per heavy atom. The van der Waals surface area contributed by atoms with Crippen LogP contribution >= 0.6 is 0 Å². The van der Waals surface area contributed by atoms with E-state index in [0.717, 1.165) is 0 Å². The second-order valence-corrected chi connectivity index (χ2v) is 6.05. The topological polar surface area (TPSA) is 124 Å². The molecule has 4 N–H and O–H groups in total. The van der Waals surface area contributed by atoms with Gasteiger partial charge in [-0.25, -0.2) is 0 Å². The van der Waals surface area contributed by atoms with Crippen molar-refractivity contribution >= 4 is 16.0 Å². The van der Waals surface area contributed by atoms with Gasteiger partial charge in [-0.1, -0.05) is 13.8 Å². The Hall–Kier alpha value is -0.700. The van der Waals surface area contributed by atoms with E-state index in [1.54, 1.807) is 0 Å². The summed E-state index contributed by atoms with van der Waals surface area (Å²) < 4.78 is 29.2. The van der Waals surface area contributed by atoms with Gasteiger partial charge in [0, 0.05) is 12.0 Å². The highest BCUT2D eigenvalue weighted by atomic mass is 32.2. The van der Waals surface area contributed by atoms with Gasteiger partial charge in [-0.15, -0.1) is 0 Å². The van der Waals surface area contributed by atoms with Crippen molar-refractivity contribution in [3.63, 3.8) is 0 Å². The van der Waals surface area contributed by atoms with Crippen LogP contribution in [0.3, 0.4) is 0 Å². The van der Waals surface area contributed by atoms with E-state index in [1.165, 1.54) is 13.8 Å². The van der Waals surface area contributed by atoms with Gasteiger partial charge in [-0.3, -0.25) is 9.35 Å². The molecular weight excluding hydrogens is 250 g/mol. The molecular formula is C9H19NO6S. The molecule has 7 nitrogen and oxygen atoms in total. The van der Waals surface area contributed by atoms with Crippen LogP contribution in [0.5, 0.6) is 0 Å². The lowest BCUT2D eigenvalue weighted by Gasteiger charge is -2.27. The predicted octanol–water partition coefficient (Wildman–Crippen LogP) is -1.24. The minimum absolute atomic E-state index is 0.0250. The summed E-state index contributed by atoms with van der Waals surface area (Å²) in [6, 6.07) is 0. The van der Waals surface area contributed by atoms with Gasteiger partial charge in [0.2, 0.25) is 5.91 Å². The molecule has 0 heterocycles. The minimum Gasteiger partial charge on any atom is -0.396 e. The largest absolute Gasteiger partial charge is 0.396 e. The average molecular weight is 269 g/mol. The Balaban J connectivity index is 4.04. The van der Waals surface area contributed by atoms with Crippen molar-refractivity contribution < 1.29 is 28.0 Å². The van der Waals surface area contributed by atoms with Crippen molar-refractivity contribution in [2.45, 2.75) is 26.4 Å². The summed E-state index contributed by atoms with van der Waals surface area (Å²) in [6.07, 6.45) is -1.32. The summed E-state index contributed by atoms with van der Waals surface area (Å²) in [6.45, 7) is 2.72. The van der Waals surface area contributed by atoms with Crippen molar-refractivity contribution in [2.75, 3.05) is 18.9 Å². The van der Waals surface area contributed by atoms with Crippen molar-refractivity contribution in [3.05, 3.63) is 0 Å². The Morgan fingerprint density at radius 3 is 2.35 bits per heavy atom. The van der Waals surface area contributed by atoms with E-state index in [0.29, 0.717) is 0 Å². The van der Waals surface area contributed by atoms with Crippen molar-refractivity contribution in [2.24, 2.45) is 5.41 Å². The summed E-state index contributed by atoms with van der Waals surface area (Å²) in [7, 11) is -4.03. The van der Waals surface area contributed by atoms with Crippen LogP contribution in [0.4, 0.5) is 0 Å². The first-order valence-electron chi connectivity index (χ1n) is 5.12. The Morgan fingerprint density at radius 2 is 1.94 bits per heavy atom. The number of hydrogen-bond acceptors (Lipinski definition) is 5. The lowest BCUT2D eigenvalue weighted by molar-refractivity contribution is -0.137. The molecule has 1 amide bonds. The van der Waals surface area contributed by atoms with Crippen LogP contribution in [0.1, 0.15) is 20.3 Å². The monoisotopic (exact) mass is 269 g/mol. The van der Waals surface area contributed by atoms with Gasteiger partial charge in [0.15, 0.2) is 0 Å². The van der Waals surface area contributed by atoms with E-state index in [4.69, 9.17) is 9.66 Å². The average Bonchev–Trinajstić information content (AvgIpc) is 2.21. The number of carbonyl (C=O) groups is 1. The van der Waals surface area contributed by atoms with Crippen LogP contribution in [-0.2, 0) is 14.9 Å². The fourth-order valence-electron chi connectivity index (χ4n) is 1.00. The van der Waals surface area contributed by atoms with Crippen LogP contribution in [0.15, 0.2) is 0 Å². The number of nitrogens with one attached hydrogen (secondary N) is 1. The first kappa shape index (κ1) is 16.3. The van der Waals surface area contributed by atoms with Crippen LogP contribution in [0, 0.1) is 5.41 Å². The third kappa shape index (κ3) is 6.57. The number of hydrogen-bond donors (Lipinski definition) is 4. The third-order valence-corrected chi connectivity index (χ3v) is 3.08. The first-order valence-corrected chi connectivity index (χ1v) is 6.73. The quantitative estimate of drug-likeness (QED) is 0.338. The molecule has 0 aliphatic heterocycles. The van der Waals surface area contributed by atoms with Crippen molar-refractivity contribution in [3.8, 4) is 0 Å². The molecule has 0 aromatic heterocycles. The lowest BCUT2D eigenvalue weighted by atomic mass is 9.87. The van der Waals surface area contributed by atoms with Gasteiger partial charge in [0.25, 0.3) is 10.1 Å². The van der Waals surface area contributed by atoms with E-state index in [1.807, 2.05) is 0 Å². The fourth-order valence-corrected chi connectivity index (χ4v) is 1.51. The Kier molecular flexibility index (Phi) is 6.03. The normalized spacial score (nSPS) is 14.4. The zero-order chi connectivity index (χ0) is 13.7. The molecule has 0 aliphatic carbocycles. The Bertz CT molecular complexity index is 350. The number of carbonyl (C=O) groups excluding carboxylic acids is 1. The van der Waals surface area contributed by atoms with E-state index >= 15 is 0 Å². The van der Waals surface area contributed by atoms with Gasteiger partial charge in [0.1, 0.15) is 6.10 Å². The fraction of sp³-hybridized carbons (Fsp3) is 0.889. The minimum atomic E-state index is -4.03. The molecule has 0 fully saturated rings. The molecule has 0 spiro atoms. The summed E-state index contributed by atoms with van der Waals surface area (Å²) in [5.74, 6) is -1.13. The molecule has 0 saturated carbocycles. The van der Waals surface area contributed by atoms with E-state index in [2.05, 4.69) is 5.32 Å². The summed E-state index contributed by atoms with van der Waals surface area (Å²) in [5, 5.41) is 20.8. The highest BCUT2D eigenvalue weighted by molar-refractivity contribution is 7.85. The number of amides is 1. The van der Waals surface area contributed by atoms with Crippen LogP contribution < -0.4 is 5.32 Å². The summed E-state index contributed by atoms with van der Waals surface area (Å²) >= 11 is 0. The molecule has 8 heteroatoms. The zero-order valence-corrected chi connectivity index (χ0v) is 10.7. The smallest absolute Gasteiger partial charge is 0.264 e. The number of rotatable bonds is 7. The van der Waals surface area contributed by atoms with Gasteiger partial charge in [0.05, 0.1) is 12.4 Å². The molecule has 17 heavy (non-hydrogen) atoms. The number of aliphatic hydroxyl groups is 2. The van der Waals surface area contributed by atoms with Crippen LogP contribution in [0.2, 0.25) is 0 Å². The molecule has 1 atom stereocenters. The maximum absolute atomic E-state index is 11.4. The second kappa shape index (κ2) is 6.29. The summed E-state index contributed by atoms with van der Waals surface area (Å²) in [4.78, 5) is 11.4. The molecule has 0 rings (SSSR count). The predicted molar refractivity (Wildman–Crippen MR) is 60.9 cm³/mol. The van der Waals surface area contributed by atoms with Gasteiger partial charge in [-0.2, -0.15) is 8.42 Å². The van der Waals surface area contributed by atoms with Crippen molar-refractivity contribution in [1.29, 1.82) is 0 Å². The van der Waals surface area contributed by atoms with Gasteiger partial charge < -0.3 is 15.5 Å². The highest BCUT2D eigenvalue weighted by Crippen LogP contribution is 2.19.